The number of ether oxygens (including phenoxy) is 1. The lowest BCUT2D eigenvalue weighted by Gasteiger charge is -2.22. The molecular formula is C23H18F6N2O5S2. The van der Waals surface area contributed by atoms with Gasteiger partial charge in [-0.2, -0.15) is 43.2 Å². The van der Waals surface area contributed by atoms with Gasteiger partial charge in [-0.05, 0) is 34.4 Å². The predicted molar refractivity (Wildman–Crippen MR) is 125 cm³/mol. The summed E-state index contributed by atoms with van der Waals surface area (Å²) in [5, 5.41) is 0. The largest absolute Gasteiger partial charge is 0.517 e. The molecule has 0 saturated carbocycles. The summed E-state index contributed by atoms with van der Waals surface area (Å²) >= 11 is 0. The topological polar surface area (TPSA) is 84.0 Å². The molecule has 4 aliphatic rings. The Morgan fingerprint density at radius 1 is 0.658 bits per heavy atom. The number of alkyl halides is 6. The first-order chi connectivity index (χ1) is 17.6. The maximum atomic E-state index is 12.9. The molecule has 38 heavy (non-hydrogen) atoms. The molecule has 0 spiro atoms. The number of rotatable bonds is 5. The summed E-state index contributed by atoms with van der Waals surface area (Å²) in [5.41, 5.74) is -8.63. The number of fused-ring (bicyclic) bond motifs is 1. The first kappa shape index (κ1) is 27.6. The van der Waals surface area contributed by atoms with E-state index in [-0.39, 0.29) is 8.61 Å². The van der Waals surface area contributed by atoms with Crippen LogP contribution >= 0.6 is 0 Å². The van der Waals surface area contributed by atoms with Gasteiger partial charge in [0.2, 0.25) is 0 Å². The zero-order valence-corrected chi connectivity index (χ0v) is 20.8. The first-order valence-corrected chi connectivity index (χ1v) is 13.5. The van der Waals surface area contributed by atoms with Crippen molar-refractivity contribution in [1.29, 1.82) is 0 Å². The number of sulfonamides is 2. The number of methoxy groups -OCH3 is 1. The lowest BCUT2D eigenvalue weighted by atomic mass is 9.95. The van der Waals surface area contributed by atoms with Crippen molar-refractivity contribution in [3.63, 3.8) is 0 Å². The SMILES string of the molecule is COc1ccc2c(C3C=CN(S(=O)(=O)C(F)(F)F)C=C3)cc(C3C=CN(S(=O)(=O)C(F)(F)F)C=C3)c-2cc1. The second kappa shape index (κ2) is 9.38. The predicted octanol–water partition coefficient (Wildman–Crippen LogP) is 5.35. The smallest absolute Gasteiger partial charge is 0.497 e. The molecule has 7 nitrogen and oxygen atoms in total. The van der Waals surface area contributed by atoms with Gasteiger partial charge in [0.25, 0.3) is 0 Å². The summed E-state index contributed by atoms with van der Waals surface area (Å²) in [4.78, 5) is 0. The molecule has 0 amide bonds. The molecule has 0 aromatic carbocycles. The van der Waals surface area contributed by atoms with Crippen LogP contribution in [0.1, 0.15) is 23.0 Å². The van der Waals surface area contributed by atoms with Gasteiger partial charge in [-0.3, -0.25) is 0 Å². The second-order valence-electron chi connectivity index (χ2n) is 8.13. The fourth-order valence-corrected chi connectivity index (χ4v) is 5.39. The molecule has 0 N–H and O–H groups in total. The number of hydrogen-bond donors (Lipinski definition) is 0. The number of halogens is 6. The van der Waals surface area contributed by atoms with Crippen molar-refractivity contribution >= 4 is 20.0 Å². The molecule has 204 valence electrons. The third kappa shape index (κ3) is 4.75. The normalized spacial score (nSPS) is 17.6. The molecule has 0 radical (unpaired) electrons. The van der Waals surface area contributed by atoms with Crippen molar-refractivity contribution < 1.29 is 47.9 Å². The van der Waals surface area contributed by atoms with Crippen LogP contribution in [0.4, 0.5) is 26.3 Å². The Morgan fingerprint density at radius 3 is 1.29 bits per heavy atom. The van der Waals surface area contributed by atoms with E-state index in [4.69, 9.17) is 4.74 Å². The second-order valence-corrected chi connectivity index (χ2v) is 11.8. The van der Waals surface area contributed by atoms with Crippen LogP contribution in [0.2, 0.25) is 0 Å². The number of allylic oxidation sites excluding steroid dienone is 4. The molecule has 2 heterocycles. The van der Waals surface area contributed by atoms with Gasteiger partial charge in [0.05, 0.1) is 7.11 Å². The maximum Gasteiger partial charge on any atom is 0.517 e. The Kier molecular flexibility index (Phi) is 6.80. The summed E-state index contributed by atoms with van der Waals surface area (Å²) in [6, 6.07) is 8.32. The van der Waals surface area contributed by atoms with Gasteiger partial charge in [0.15, 0.2) is 0 Å². The van der Waals surface area contributed by atoms with Crippen molar-refractivity contribution in [2.24, 2.45) is 0 Å². The van der Waals surface area contributed by atoms with Crippen LogP contribution in [0.3, 0.4) is 0 Å². The maximum absolute atomic E-state index is 12.9. The number of hydrogen-bond acceptors (Lipinski definition) is 5. The van der Waals surface area contributed by atoms with Gasteiger partial charge in [0.1, 0.15) is 5.75 Å². The lowest BCUT2D eigenvalue weighted by Crippen LogP contribution is -2.35. The highest BCUT2D eigenvalue weighted by Gasteiger charge is 2.50. The fourth-order valence-electron chi connectivity index (χ4n) is 3.99. The summed E-state index contributed by atoms with van der Waals surface area (Å²) in [5.74, 6) is -0.844. The molecule has 0 bridgehead atoms. The van der Waals surface area contributed by atoms with E-state index >= 15 is 0 Å². The van der Waals surface area contributed by atoms with Crippen LogP contribution in [-0.4, -0.2) is 43.6 Å². The van der Waals surface area contributed by atoms with E-state index in [0.29, 0.717) is 28.0 Å². The van der Waals surface area contributed by atoms with Gasteiger partial charge in [-0.1, -0.05) is 42.5 Å². The molecule has 0 unspecified atom stereocenters. The van der Waals surface area contributed by atoms with Crippen LogP contribution in [0, 0.1) is 0 Å². The number of nitrogens with zero attached hydrogens (tertiary/aromatic N) is 2. The van der Waals surface area contributed by atoms with E-state index in [0.717, 1.165) is 24.8 Å². The summed E-state index contributed by atoms with van der Waals surface area (Å²) in [7, 11) is -9.80. The Bertz CT molecular complexity index is 1400. The van der Waals surface area contributed by atoms with Gasteiger partial charge in [-0.25, -0.2) is 8.61 Å². The monoisotopic (exact) mass is 580 g/mol. The Balaban J connectivity index is 1.73. The molecule has 0 saturated heterocycles. The van der Waals surface area contributed by atoms with Crippen molar-refractivity contribution in [1.82, 2.24) is 8.61 Å². The van der Waals surface area contributed by atoms with E-state index in [1.807, 2.05) is 0 Å². The molecule has 2 aliphatic heterocycles. The summed E-state index contributed by atoms with van der Waals surface area (Å²) in [6.45, 7) is 0. The zero-order chi connectivity index (χ0) is 28.1. The van der Waals surface area contributed by atoms with E-state index < -0.39 is 42.9 Å². The van der Waals surface area contributed by atoms with Crippen LogP contribution in [0.15, 0.2) is 79.4 Å². The van der Waals surface area contributed by atoms with Crippen LogP contribution in [-0.2, 0) is 20.0 Å². The average Bonchev–Trinajstić information content (AvgIpc) is 3.07. The van der Waals surface area contributed by atoms with E-state index in [1.165, 1.54) is 31.4 Å². The fraction of sp³-hybridized carbons (Fsp3) is 0.217. The summed E-state index contributed by atoms with van der Waals surface area (Å²) < 4.78 is 130. The lowest BCUT2D eigenvalue weighted by molar-refractivity contribution is -0.0474. The van der Waals surface area contributed by atoms with Gasteiger partial charge < -0.3 is 4.74 Å². The van der Waals surface area contributed by atoms with Gasteiger partial charge >= 0.3 is 31.1 Å². The third-order valence-corrected chi connectivity index (χ3v) is 8.67. The third-order valence-electron chi connectivity index (χ3n) is 5.91. The van der Waals surface area contributed by atoms with Crippen LogP contribution < -0.4 is 4.74 Å². The van der Waals surface area contributed by atoms with E-state index in [9.17, 15) is 43.2 Å². The highest BCUT2D eigenvalue weighted by Crippen LogP contribution is 2.44. The minimum absolute atomic E-state index is 0.0564. The van der Waals surface area contributed by atoms with Crippen molar-refractivity contribution in [2.75, 3.05) is 7.11 Å². The molecule has 0 aromatic rings. The molecule has 0 aromatic heterocycles. The van der Waals surface area contributed by atoms with Crippen molar-refractivity contribution in [2.45, 2.75) is 22.9 Å². The Labute approximate surface area is 214 Å². The van der Waals surface area contributed by atoms with E-state index in [2.05, 4.69) is 0 Å². The Morgan fingerprint density at radius 2 is 1.00 bits per heavy atom. The highest BCUT2D eigenvalue weighted by molar-refractivity contribution is 7.90. The zero-order valence-electron chi connectivity index (χ0n) is 19.2. The van der Waals surface area contributed by atoms with E-state index in [1.54, 1.807) is 30.3 Å². The highest BCUT2D eigenvalue weighted by atomic mass is 32.2. The van der Waals surface area contributed by atoms with Crippen molar-refractivity contribution in [3.05, 3.63) is 90.6 Å². The Hall–Kier alpha value is -3.46. The van der Waals surface area contributed by atoms with Gasteiger partial charge in [0, 0.05) is 36.6 Å². The standard InChI is InChI=1S/C23H18F6N2O5S2/c1-36-17-2-4-18-19(5-3-17)21(16-8-12-31(13-9-16)38(34,35)23(27,28)29)14-20(18)15-6-10-30(11-7-15)37(32,33)22(24,25)26/h2-16H,1H3. The molecule has 0 atom stereocenters. The molecule has 2 aliphatic carbocycles. The molecule has 15 heteroatoms. The van der Waals surface area contributed by atoms with Crippen LogP contribution in [0.5, 0.6) is 5.75 Å². The van der Waals surface area contributed by atoms with Crippen LogP contribution in [0.25, 0.3) is 11.1 Å². The first-order valence-electron chi connectivity index (χ1n) is 10.6. The average molecular weight is 581 g/mol. The van der Waals surface area contributed by atoms with Crippen molar-refractivity contribution in [3.8, 4) is 16.9 Å². The molecule has 0 fully saturated rings. The minimum atomic E-state index is -5.62. The quantitative estimate of drug-likeness (QED) is 0.446. The molecular weight excluding hydrogens is 562 g/mol. The minimum Gasteiger partial charge on any atom is -0.497 e. The van der Waals surface area contributed by atoms with Gasteiger partial charge in [-0.15, -0.1) is 0 Å². The molecule has 4 rings (SSSR count). The summed E-state index contributed by atoms with van der Waals surface area (Å²) in [6.07, 6.45) is 8.19.